The van der Waals surface area contributed by atoms with Gasteiger partial charge in [-0.25, -0.2) is 8.42 Å². The van der Waals surface area contributed by atoms with Crippen LogP contribution in [0.5, 0.6) is 0 Å². The van der Waals surface area contributed by atoms with Crippen LogP contribution in [-0.4, -0.2) is 36.0 Å². The monoisotopic (exact) mass is 457 g/mol. The van der Waals surface area contributed by atoms with Crippen LogP contribution in [0, 0.1) is 0 Å². The highest BCUT2D eigenvalue weighted by Gasteiger charge is 2.32. The molecule has 162 valence electrons. The summed E-state index contributed by atoms with van der Waals surface area (Å²) >= 11 is 5.94. The highest BCUT2D eigenvalue weighted by atomic mass is 35.5. The van der Waals surface area contributed by atoms with Gasteiger partial charge in [0.2, 0.25) is 10.0 Å². The average molecular weight is 458 g/mol. The number of rotatable bonds is 4. The summed E-state index contributed by atoms with van der Waals surface area (Å²) in [5.74, 6) is 1.17. The first-order valence-corrected chi connectivity index (χ1v) is 12.5. The second-order valence-corrected chi connectivity index (χ2v) is 10.7. The number of benzene rings is 2. The van der Waals surface area contributed by atoms with E-state index >= 15 is 0 Å². The molecule has 1 aliphatic heterocycles. The third-order valence-corrected chi connectivity index (χ3v) is 8.46. The SMILES string of the molecule is O=S(=O)(c1ccc2c(c1)CCCC2)N1CCC(c2noc(-c3ccc(Cl)cc3)n2)CC1. The van der Waals surface area contributed by atoms with Crippen LogP contribution >= 0.6 is 11.6 Å². The molecule has 5 rings (SSSR count). The van der Waals surface area contributed by atoms with E-state index in [2.05, 4.69) is 10.1 Å². The van der Waals surface area contributed by atoms with Crippen molar-refractivity contribution in [3.63, 3.8) is 0 Å². The quantitative estimate of drug-likeness (QED) is 0.560. The van der Waals surface area contributed by atoms with E-state index in [-0.39, 0.29) is 5.92 Å². The van der Waals surface area contributed by atoms with Crippen LogP contribution in [0.15, 0.2) is 51.9 Å². The van der Waals surface area contributed by atoms with Gasteiger partial charge in [0.05, 0.1) is 4.90 Å². The Balaban J connectivity index is 1.27. The lowest BCUT2D eigenvalue weighted by atomic mass is 9.92. The Bertz CT molecular complexity index is 1180. The molecule has 0 spiro atoms. The van der Waals surface area contributed by atoms with Crippen LogP contribution in [0.1, 0.15) is 48.6 Å². The normalized spacial score (nSPS) is 18.1. The molecule has 6 nitrogen and oxygen atoms in total. The van der Waals surface area contributed by atoms with Gasteiger partial charge in [-0.3, -0.25) is 0 Å². The molecule has 1 aliphatic carbocycles. The Kier molecular flexibility index (Phi) is 5.58. The standard InChI is InChI=1S/C23H24ClN3O3S/c24-20-8-5-18(6-9-20)23-25-22(26-30-23)17-11-13-27(14-12-17)31(28,29)21-10-7-16-3-1-2-4-19(16)15-21/h5-10,15,17H,1-4,11-14H2. The Morgan fingerprint density at radius 2 is 1.68 bits per heavy atom. The molecular weight excluding hydrogens is 434 g/mol. The van der Waals surface area contributed by atoms with Gasteiger partial charge in [0, 0.05) is 29.6 Å². The van der Waals surface area contributed by atoms with Crippen molar-refractivity contribution in [1.29, 1.82) is 0 Å². The van der Waals surface area contributed by atoms with Gasteiger partial charge >= 0.3 is 0 Å². The van der Waals surface area contributed by atoms with Crippen molar-refractivity contribution in [3.05, 3.63) is 64.4 Å². The minimum absolute atomic E-state index is 0.0831. The van der Waals surface area contributed by atoms with E-state index in [9.17, 15) is 8.42 Å². The summed E-state index contributed by atoms with van der Waals surface area (Å²) in [5, 5.41) is 4.79. The molecule has 0 atom stereocenters. The predicted octanol–water partition coefficient (Wildman–Crippen LogP) is 4.84. The highest BCUT2D eigenvalue weighted by Crippen LogP contribution is 2.32. The van der Waals surface area contributed by atoms with Crippen molar-refractivity contribution in [1.82, 2.24) is 14.4 Å². The number of aromatic nitrogens is 2. The first-order chi connectivity index (χ1) is 15.0. The van der Waals surface area contributed by atoms with Crippen molar-refractivity contribution in [3.8, 4) is 11.5 Å². The van der Waals surface area contributed by atoms with Gasteiger partial charge in [0.15, 0.2) is 5.82 Å². The number of hydrogen-bond donors (Lipinski definition) is 0. The zero-order chi connectivity index (χ0) is 21.4. The molecule has 2 heterocycles. The number of sulfonamides is 1. The van der Waals surface area contributed by atoms with Gasteiger partial charge < -0.3 is 4.52 Å². The molecule has 3 aromatic rings. The van der Waals surface area contributed by atoms with Gasteiger partial charge in [-0.15, -0.1) is 0 Å². The molecule has 31 heavy (non-hydrogen) atoms. The molecule has 0 amide bonds. The lowest BCUT2D eigenvalue weighted by Gasteiger charge is -2.30. The summed E-state index contributed by atoms with van der Waals surface area (Å²) in [7, 11) is -3.49. The first kappa shape index (κ1) is 20.7. The van der Waals surface area contributed by atoms with Crippen LogP contribution in [0.2, 0.25) is 5.02 Å². The molecule has 0 N–H and O–H groups in total. The van der Waals surface area contributed by atoms with E-state index in [1.165, 1.54) is 17.5 Å². The minimum atomic E-state index is -3.49. The zero-order valence-electron chi connectivity index (χ0n) is 17.1. The summed E-state index contributed by atoms with van der Waals surface area (Å²) in [6, 6.07) is 12.9. The smallest absolute Gasteiger partial charge is 0.257 e. The molecule has 2 aliphatic rings. The summed E-state index contributed by atoms with van der Waals surface area (Å²) in [4.78, 5) is 4.95. The molecule has 0 unspecified atom stereocenters. The van der Waals surface area contributed by atoms with Gasteiger partial charge in [-0.2, -0.15) is 9.29 Å². The number of halogens is 1. The van der Waals surface area contributed by atoms with Crippen LogP contribution < -0.4 is 0 Å². The van der Waals surface area contributed by atoms with E-state index in [4.69, 9.17) is 16.1 Å². The molecule has 8 heteroatoms. The van der Waals surface area contributed by atoms with Crippen LogP contribution in [0.25, 0.3) is 11.5 Å². The van der Waals surface area contributed by atoms with E-state index < -0.39 is 10.0 Å². The third-order valence-electron chi connectivity index (χ3n) is 6.31. The lowest BCUT2D eigenvalue weighted by molar-refractivity contribution is 0.307. The van der Waals surface area contributed by atoms with E-state index in [1.807, 2.05) is 24.3 Å². The summed E-state index contributed by atoms with van der Waals surface area (Å²) in [6.07, 6.45) is 5.67. The Hall–Kier alpha value is -2.22. The number of nitrogens with zero attached hydrogens (tertiary/aromatic N) is 3. The summed E-state index contributed by atoms with van der Waals surface area (Å²) in [5.41, 5.74) is 3.29. The number of aryl methyl sites for hydroxylation is 2. The maximum absolute atomic E-state index is 13.2. The van der Waals surface area contributed by atoms with E-state index in [1.54, 1.807) is 22.5 Å². The van der Waals surface area contributed by atoms with Crippen LogP contribution in [0.3, 0.4) is 0 Å². The van der Waals surface area contributed by atoms with Gasteiger partial charge in [-0.1, -0.05) is 22.8 Å². The topological polar surface area (TPSA) is 76.3 Å². The molecule has 1 fully saturated rings. The highest BCUT2D eigenvalue weighted by molar-refractivity contribution is 7.89. The summed E-state index contributed by atoms with van der Waals surface area (Å²) < 4.78 is 33.4. The first-order valence-electron chi connectivity index (χ1n) is 10.7. The summed E-state index contributed by atoms with van der Waals surface area (Å²) in [6.45, 7) is 0.907. The van der Waals surface area contributed by atoms with Crippen molar-refractivity contribution < 1.29 is 12.9 Å². The number of piperidine rings is 1. The van der Waals surface area contributed by atoms with E-state index in [0.717, 1.165) is 24.8 Å². The molecule has 0 bridgehead atoms. The number of hydrogen-bond acceptors (Lipinski definition) is 5. The van der Waals surface area contributed by atoms with Crippen molar-refractivity contribution >= 4 is 21.6 Å². The maximum atomic E-state index is 13.2. The fourth-order valence-electron chi connectivity index (χ4n) is 4.48. The van der Waals surface area contributed by atoms with Crippen molar-refractivity contribution in [2.75, 3.05) is 13.1 Å². The molecule has 0 saturated carbocycles. The Labute approximate surface area is 187 Å². The third kappa shape index (κ3) is 4.14. The molecular formula is C23H24ClN3O3S. The van der Waals surface area contributed by atoms with E-state index in [0.29, 0.717) is 47.6 Å². The fraction of sp³-hybridized carbons (Fsp3) is 0.391. The minimum Gasteiger partial charge on any atom is -0.334 e. The molecule has 0 radical (unpaired) electrons. The van der Waals surface area contributed by atoms with Crippen LogP contribution in [0.4, 0.5) is 0 Å². The van der Waals surface area contributed by atoms with Gasteiger partial charge in [0.25, 0.3) is 5.89 Å². The maximum Gasteiger partial charge on any atom is 0.257 e. The zero-order valence-corrected chi connectivity index (χ0v) is 18.7. The lowest BCUT2D eigenvalue weighted by Crippen LogP contribution is -2.38. The molecule has 2 aromatic carbocycles. The van der Waals surface area contributed by atoms with Crippen molar-refractivity contribution in [2.45, 2.75) is 49.3 Å². The second-order valence-electron chi connectivity index (χ2n) is 8.28. The number of fused-ring (bicyclic) bond motifs is 1. The molecule has 1 aromatic heterocycles. The average Bonchev–Trinajstić information content (AvgIpc) is 3.29. The van der Waals surface area contributed by atoms with Gasteiger partial charge in [-0.05, 0) is 86.1 Å². The predicted molar refractivity (Wildman–Crippen MR) is 119 cm³/mol. The van der Waals surface area contributed by atoms with Gasteiger partial charge in [0.1, 0.15) is 0 Å². The van der Waals surface area contributed by atoms with Crippen LogP contribution in [-0.2, 0) is 22.9 Å². The largest absolute Gasteiger partial charge is 0.334 e. The second kappa shape index (κ2) is 8.37. The fourth-order valence-corrected chi connectivity index (χ4v) is 6.13. The Morgan fingerprint density at radius 1 is 0.968 bits per heavy atom. The Morgan fingerprint density at radius 3 is 2.42 bits per heavy atom. The van der Waals surface area contributed by atoms with Crippen molar-refractivity contribution in [2.24, 2.45) is 0 Å². The molecule has 1 saturated heterocycles.